The number of amides is 2. The van der Waals surface area contributed by atoms with Crippen molar-refractivity contribution in [1.82, 2.24) is 5.32 Å². The Labute approximate surface area is 166 Å². The number of nitrogens with zero attached hydrogens (tertiary/aromatic N) is 1. The average molecular weight is 386 g/mol. The number of benzene rings is 1. The molecule has 1 N–H and O–H groups in total. The Morgan fingerprint density at radius 2 is 1.82 bits per heavy atom. The van der Waals surface area contributed by atoms with Gasteiger partial charge in [-0.2, -0.15) is 0 Å². The van der Waals surface area contributed by atoms with E-state index in [0.29, 0.717) is 12.8 Å². The molecule has 6 heteroatoms. The molecule has 1 atom stereocenters. The molecule has 2 fully saturated rings. The summed E-state index contributed by atoms with van der Waals surface area (Å²) in [6.45, 7) is 9.31. The van der Waals surface area contributed by atoms with Crippen LogP contribution < -0.4 is 10.2 Å². The van der Waals surface area contributed by atoms with Gasteiger partial charge in [0.2, 0.25) is 11.8 Å². The summed E-state index contributed by atoms with van der Waals surface area (Å²) >= 11 is 0. The van der Waals surface area contributed by atoms with Crippen LogP contribution in [-0.4, -0.2) is 36.5 Å². The first-order valence-electron chi connectivity index (χ1n) is 10.1. The summed E-state index contributed by atoms with van der Waals surface area (Å²) in [6, 6.07) is 6.15. The molecule has 28 heavy (non-hydrogen) atoms. The van der Waals surface area contributed by atoms with Crippen LogP contribution in [0, 0.1) is 12.8 Å². The topological polar surface area (TPSA) is 75.7 Å². The van der Waals surface area contributed by atoms with Crippen LogP contribution in [0.1, 0.15) is 63.5 Å². The van der Waals surface area contributed by atoms with Crippen LogP contribution in [0.15, 0.2) is 18.2 Å². The summed E-state index contributed by atoms with van der Waals surface area (Å²) in [7, 11) is 0. The molecule has 6 nitrogen and oxygen atoms in total. The van der Waals surface area contributed by atoms with E-state index in [-0.39, 0.29) is 29.6 Å². The number of aryl methyl sites for hydroxylation is 1. The van der Waals surface area contributed by atoms with E-state index in [4.69, 9.17) is 4.74 Å². The zero-order chi connectivity index (χ0) is 20.5. The number of nitrogens with one attached hydrogen (secondary N) is 1. The maximum absolute atomic E-state index is 12.3. The van der Waals surface area contributed by atoms with Gasteiger partial charge in [-0.05, 0) is 70.2 Å². The number of piperidine rings is 2. The zero-order valence-corrected chi connectivity index (χ0v) is 17.2. The van der Waals surface area contributed by atoms with Crippen molar-refractivity contribution in [2.24, 2.45) is 5.92 Å². The number of hydrogen-bond donors (Lipinski definition) is 1. The third-order valence-electron chi connectivity index (χ3n) is 5.47. The van der Waals surface area contributed by atoms with Gasteiger partial charge in [0.1, 0.15) is 5.60 Å². The highest BCUT2D eigenvalue weighted by Crippen LogP contribution is 2.32. The molecule has 1 aromatic rings. The summed E-state index contributed by atoms with van der Waals surface area (Å²) < 4.78 is 5.52. The third kappa shape index (κ3) is 4.72. The molecular formula is C22H30N2O4. The normalized spacial score (nSPS) is 21.4. The van der Waals surface area contributed by atoms with E-state index in [2.05, 4.69) is 16.3 Å². The molecule has 1 unspecified atom stereocenters. The van der Waals surface area contributed by atoms with Crippen molar-refractivity contribution in [1.29, 1.82) is 0 Å². The number of hydrogen-bond acceptors (Lipinski definition) is 5. The highest BCUT2D eigenvalue weighted by atomic mass is 16.6. The fourth-order valence-corrected chi connectivity index (χ4v) is 4.00. The summed E-state index contributed by atoms with van der Waals surface area (Å²) in [5.74, 6) is -0.797. The first-order valence-corrected chi connectivity index (χ1v) is 10.1. The number of anilines is 1. The standard InChI is InChI=1S/C22H30N2O4/c1-14-13-16(5-6-17(14)18-7-8-19(25)23-20(18)26)24-11-9-15(10-12-24)21(27)28-22(2,3)4/h5-6,13,15,18H,7-12H2,1-4H3,(H,23,25,26). The lowest BCUT2D eigenvalue weighted by molar-refractivity contribution is -0.160. The van der Waals surface area contributed by atoms with Gasteiger partial charge < -0.3 is 9.64 Å². The summed E-state index contributed by atoms with van der Waals surface area (Å²) in [6.07, 6.45) is 2.51. The van der Waals surface area contributed by atoms with Crippen LogP contribution in [0.3, 0.4) is 0 Å². The summed E-state index contributed by atoms with van der Waals surface area (Å²) in [5.41, 5.74) is 2.70. The molecule has 3 rings (SSSR count). The maximum atomic E-state index is 12.3. The van der Waals surface area contributed by atoms with Gasteiger partial charge >= 0.3 is 5.97 Å². The monoisotopic (exact) mass is 386 g/mol. The van der Waals surface area contributed by atoms with Crippen molar-refractivity contribution in [3.8, 4) is 0 Å². The van der Waals surface area contributed by atoms with Crippen molar-refractivity contribution in [3.05, 3.63) is 29.3 Å². The molecule has 2 aliphatic heterocycles. The highest BCUT2D eigenvalue weighted by molar-refractivity contribution is 6.01. The lowest BCUT2D eigenvalue weighted by atomic mass is 9.87. The fraction of sp³-hybridized carbons (Fsp3) is 0.591. The molecule has 0 saturated carbocycles. The Balaban J connectivity index is 1.63. The quantitative estimate of drug-likeness (QED) is 0.638. The fourth-order valence-electron chi connectivity index (χ4n) is 4.00. The number of rotatable bonds is 3. The zero-order valence-electron chi connectivity index (χ0n) is 17.2. The van der Waals surface area contributed by atoms with Gasteiger partial charge in [-0.1, -0.05) is 6.07 Å². The van der Waals surface area contributed by atoms with Crippen LogP contribution >= 0.6 is 0 Å². The second kappa shape index (κ2) is 7.94. The van der Waals surface area contributed by atoms with Gasteiger partial charge in [0.15, 0.2) is 0 Å². The predicted molar refractivity (Wildman–Crippen MR) is 107 cm³/mol. The molecule has 0 aliphatic carbocycles. The van der Waals surface area contributed by atoms with Crippen molar-refractivity contribution >= 4 is 23.5 Å². The molecule has 0 radical (unpaired) electrons. The predicted octanol–water partition coefficient (Wildman–Crippen LogP) is 3.07. The van der Waals surface area contributed by atoms with E-state index in [0.717, 1.165) is 42.7 Å². The van der Waals surface area contributed by atoms with Crippen LogP contribution in [0.2, 0.25) is 0 Å². The molecule has 0 bridgehead atoms. The third-order valence-corrected chi connectivity index (χ3v) is 5.47. The van der Waals surface area contributed by atoms with Gasteiger partial charge in [-0.15, -0.1) is 0 Å². The molecule has 2 saturated heterocycles. The van der Waals surface area contributed by atoms with Crippen LogP contribution in [0.5, 0.6) is 0 Å². The molecular weight excluding hydrogens is 356 g/mol. The van der Waals surface area contributed by atoms with E-state index in [1.165, 1.54) is 0 Å². The number of ether oxygens (including phenoxy) is 1. The molecule has 0 aromatic heterocycles. The van der Waals surface area contributed by atoms with Gasteiger partial charge in [-0.3, -0.25) is 19.7 Å². The average Bonchev–Trinajstić information content (AvgIpc) is 2.61. The second-order valence-electron chi connectivity index (χ2n) is 8.84. The largest absolute Gasteiger partial charge is 0.460 e. The Kier molecular flexibility index (Phi) is 5.77. The smallest absolute Gasteiger partial charge is 0.309 e. The SMILES string of the molecule is Cc1cc(N2CCC(C(=O)OC(C)(C)C)CC2)ccc1C1CCC(=O)NC1=O. The molecule has 0 spiro atoms. The minimum absolute atomic E-state index is 0.0423. The van der Waals surface area contributed by atoms with Crippen molar-refractivity contribution in [3.63, 3.8) is 0 Å². The van der Waals surface area contributed by atoms with Crippen molar-refractivity contribution in [2.75, 3.05) is 18.0 Å². The van der Waals surface area contributed by atoms with Gasteiger partial charge in [0.05, 0.1) is 11.8 Å². The van der Waals surface area contributed by atoms with E-state index in [9.17, 15) is 14.4 Å². The number of imide groups is 1. The van der Waals surface area contributed by atoms with Crippen molar-refractivity contribution in [2.45, 2.75) is 64.9 Å². The van der Waals surface area contributed by atoms with Gasteiger partial charge in [0.25, 0.3) is 0 Å². The van der Waals surface area contributed by atoms with Crippen LogP contribution in [0.4, 0.5) is 5.69 Å². The molecule has 2 amide bonds. The van der Waals surface area contributed by atoms with Crippen LogP contribution in [-0.2, 0) is 19.1 Å². The van der Waals surface area contributed by atoms with Crippen LogP contribution in [0.25, 0.3) is 0 Å². The summed E-state index contributed by atoms with van der Waals surface area (Å²) in [4.78, 5) is 38.1. The Bertz CT molecular complexity index is 773. The molecule has 2 aliphatic rings. The van der Waals surface area contributed by atoms with Gasteiger partial charge in [-0.25, -0.2) is 0 Å². The second-order valence-corrected chi connectivity index (χ2v) is 8.84. The highest BCUT2D eigenvalue weighted by Gasteiger charge is 2.31. The number of esters is 1. The maximum Gasteiger partial charge on any atom is 0.309 e. The number of carbonyl (C=O) groups excluding carboxylic acids is 3. The Morgan fingerprint density at radius 1 is 1.14 bits per heavy atom. The summed E-state index contributed by atoms with van der Waals surface area (Å²) in [5, 5.41) is 2.43. The molecule has 152 valence electrons. The van der Waals surface area contributed by atoms with Gasteiger partial charge in [0, 0.05) is 25.2 Å². The van der Waals surface area contributed by atoms with E-state index in [1.807, 2.05) is 39.8 Å². The van der Waals surface area contributed by atoms with E-state index >= 15 is 0 Å². The Hall–Kier alpha value is -2.37. The molecule has 2 heterocycles. The lowest BCUT2D eigenvalue weighted by Crippen LogP contribution is -2.40. The molecule has 1 aromatic carbocycles. The van der Waals surface area contributed by atoms with E-state index < -0.39 is 5.60 Å². The number of carbonyl (C=O) groups is 3. The Morgan fingerprint density at radius 3 is 2.39 bits per heavy atom. The van der Waals surface area contributed by atoms with Crippen molar-refractivity contribution < 1.29 is 19.1 Å². The minimum atomic E-state index is -0.447. The first kappa shape index (κ1) is 20.4. The van der Waals surface area contributed by atoms with E-state index in [1.54, 1.807) is 0 Å². The first-order chi connectivity index (χ1) is 13.1. The minimum Gasteiger partial charge on any atom is -0.460 e. The lowest BCUT2D eigenvalue weighted by Gasteiger charge is -2.34.